The summed E-state index contributed by atoms with van der Waals surface area (Å²) in [6, 6.07) is 12.3. The maximum atomic E-state index is 6.19. The fraction of sp³-hybridized carbons (Fsp3) is 0.214. The normalized spacial score (nSPS) is 12.4. The van der Waals surface area contributed by atoms with Crippen molar-refractivity contribution in [2.75, 3.05) is 0 Å². The fourth-order valence-corrected chi connectivity index (χ4v) is 3.08. The van der Waals surface area contributed by atoms with Crippen molar-refractivity contribution in [3.63, 3.8) is 0 Å². The zero-order valence-corrected chi connectivity index (χ0v) is 13.0. The Bertz CT molecular complexity index is 514. The second kappa shape index (κ2) is 6.45. The Morgan fingerprint density at radius 3 is 2.56 bits per heavy atom. The molecule has 1 unspecified atom stereocenters. The molecule has 2 N–H and O–H groups in total. The van der Waals surface area contributed by atoms with Crippen LogP contribution in [0.25, 0.3) is 0 Å². The first-order chi connectivity index (χ1) is 8.66. The standard InChI is InChI=1S/C14H14Br2N2/c15-11-8-12(16)14(18-9-11)13(17)7-6-10-4-2-1-3-5-10/h1-5,8-9,13H,6-7,17H2. The molecule has 0 bridgehead atoms. The molecule has 0 aliphatic heterocycles. The molecule has 1 heterocycles. The number of nitrogens with zero attached hydrogens (tertiary/aromatic N) is 1. The van der Waals surface area contributed by atoms with Crippen LogP contribution in [0.3, 0.4) is 0 Å². The smallest absolute Gasteiger partial charge is 0.0713 e. The monoisotopic (exact) mass is 368 g/mol. The number of rotatable bonds is 4. The molecule has 1 aromatic carbocycles. The van der Waals surface area contributed by atoms with E-state index in [1.54, 1.807) is 6.20 Å². The second-order valence-electron chi connectivity index (χ2n) is 4.15. The van der Waals surface area contributed by atoms with Gasteiger partial charge in [-0.2, -0.15) is 0 Å². The van der Waals surface area contributed by atoms with Gasteiger partial charge in [-0.3, -0.25) is 4.98 Å². The van der Waals surface area contributed by atoms with E-state index in [0.29, 0.717) is 0 Å². The predicted octanol–water partition coefficient (Wildman–Crippen LogP) is 4.24. The van der Waals surface area contributed by atoms with Crippen LogP contribution >= 0.6 is 31.9 Å². The zero-order valence-electron chi connectivity index (χ0n) is 9.81. The molecule has 18 heavy (non-hydrogen) atoms. The molecule has 0 saturated carbocycles. The van der Waals surface area contributed by atoms with Crippen molar-refractivity contribution in [2.45, 2.75) is 18.9 Å². The van der Waals surface area contributed by atoms with E-state index >= 15 is 0 Å². The number of aromatic nitrogens is 1. The highest BCUT2D eigenvalue weighted by molar-refractivity contribution is 9.11. The van der Waals surface area contributed by atoms with E-state index in [-0.39, 0.29) is 6.04 Å². The molecular weight excluding hydrogens is 356 g/mol. The van der Waals surface area contributed by atoms with Crippen LogP contribution in [-0.2, 0) is 6.42 Å². The summed E-state index contributed by atoms with van der Waals surface area (Å²) in [6.45, 7) is 0. The van der Waals surface area contributed by atoms with Crippen molar-refractivity contribution in [1.82, 2.24) is 4.98 Å². The molecule has 0 amide bonds. The number of nitrogens with two attached hydrogens (primary N) is 1. The summed E-state index contributed by atoms with van der Waals surface area (Å²) in [5, 5.41) is 0. The number of hydrogen-bond acceptors (Lipinski definition) is 2. The number of pyridine rings is 1. The van der Waals surface area contributed by atoms with Crippen molar-refractivity contribution < 1.29 is 0 Å². The lowest BCUT2D eigenvalue weighted by atomic mass is 10.0. The number of halogens is 2. The Labute approximate surface area is 124 Å². The summed E-state index contributed by atoms with van der Waals surface area (Å²) in [5.74, 6) is 0. The van der Waals surface area contributed by atoms with Gasteiger partial charge in [0.05, 0.1) is 5.69 Å². The lowest BCUT2D eigenvalue weighted by Crippen LogP contribution is -2.13. The highest BCUT2D eigenvalue weighted by Gasteiger charge is 2.11. The van der Waals surface area contributed by atoms with E-state index in [9.17, 15) is 0 Å². The molecule has 2 aromatic rings. The molecule has 0 aliphatic carbocycles. The average molecular weight is 370 g/mol. The molecule has 94 valence electrons. The summed E-state index contributed by atoms with van der Waals surface area (Å²) in [4.78, 5) is 4.37. The van der Waals surface area contributed by atoms with Crippen LogP contribution in [0.1, 0.15) is 23.7 Å². The van der Waals surface area contributed by atoms with E-state index in [2.05, 4.69) is 61.1 Å². The Balaban J connectivity index is 2.01. The van der Waals surface area contributed by atoms with Gasteiger partial charge in [0.25, 0.3) is 0 Å². The lowest BCUT2D eigenvalue weighted by molar-refractivity contribution is 0.630. The number of hydrogen-bond donors (Lipinski definition) is 1. The van der Waals surface area contributed by atoms with Gasteiger partial charge in [-0.15, -0.1) is 0 Å². The van der Waals surface area contributed by atoms with Gasteiger partial charge < -0.3 is 5.73 Å². The third kappa shape index (κ3) is 3.64. The second-order valence-corrected chi connectivity index (χ2v) is 5.92. The largest absolute Gasteiger partial charge is 0.323 e. The maximum Gasteiger partial charge on any atom is 0.0713 e. The average Bonchev–Trinajstić information content (AvgIpc) is 2.37. The summed E-state index contributed by atoms with van der Waals surface area (Å²) >= 11 is 6.89. The quantitative estimate of drug-likeness (QED) is 0.875. The van der Waals surface area contributed by atoms with Gasteiger partial charge in [0, 0.05) is 21.2 Å². The van der Waals surface area contributed by atoms with Gasteiger partial charge in [-0.25, -0.2) is 0 Å². The Morgan fingerprint density at radius 1 is 1.17 bits per heavy atom. The fourth-order valence-electron chi connectivity index (χ4n) is 1.80. The van der Waals surface area contributed by atoms with Crippen LogP contribution in [0.5, 0.6) is 0 Å². The zero-order chi connectivity index (χ0) is 13.0. The minimum Gasteiger partial charge on any atom is -0.323 e. The van der Waals surface area contributed by atoms with E-state index in [4.69, 9.17) is 5.73 Å². The molecule has 4 heteroatoms. The van der Waals surface area contributed by atoms with Crippen LogP contribution in [0.4, 0.5) is 0 Å². The van der Waals surface area contributed by atoms with Crippen LogP contribution in [0.2, 0.25) is 0 Å². The molecule has 1 atom stereocenters. The molecule has 0 fully saturated rings. The van der Waals surface area contributed by atoms with Crippen molar-refractivity contribution >= 4 is 31.9 Å². The van der Waals surface area contributed by atoms with Gasteiger partial charge in [0.1, 0.15) is 0 Å². The summed E-state index contributed by atoms with van der Waals surface area (Å²) < 4.78 is 1.91. The molecular formula is C14H14Br2N2. The van der Waals surface area contributed by atoms with Crippen LogP contribution in [-0.4, -0.2) is 4.98 Å². The first kappa shape index (κ1) is 13.7. The molecule has 0 saturated heterocycles. The first-order valence-corrected chi connectivity index (χ1v) is 7.36. The summed E-state index contributed by atoms with van der Waals surface area (Å²) in [7, 11) is 0. The van der Waals surface area contributed by atoms with Gasteiger partial charge in [-0.1, -0.05) is 30.3 Å². The molecule has 2 nitrogen and oxygen atoms in total. The summed E-state index contributed by atoms with van der Waals surface area (Å²) in [5.41, 5.74) is 8.40. The molecule has 0 radical (unpaired) electrons. The van der Waals surface area contributed by atoms with E-state index in [1.165, 1.54) is 5.56 Å². The van der Waals surface area contributed by atoms with Crippen LogP contribution < -0.4 is 5.73 Å². The van der Waals surface area contributed by atoms with Crippen molar-refractivity contribution in [3.8, 4) is 0 Å². The molecule has 0 aliphatic rings. The SMILES string of the molecule is NC(CCc1ccccc1)c1ncc(Br)cc1Br. The molecule has 1 aromatic heterocycles. The Hall–Kier alpha value is -0.710. The minimum absolute atomic E-state index is 0.0484. The number of benzene rings is 1. The van der Waals surface area contributed by atoms with Crippen LogP contribution in [0.15, 0.2) is 51.5 Å². The minimum atomic E-state index is -0.0484. The van der Waals surface area contributed by atoms with E-state index in [1.807, 2.05) is 12.1 Å². The molecule has 2 rings (SSSR count). The van der Waals surface area contributed by atoms with Crippen molar-refractivity contribution in [2.24, 2.45) is 5.73 Å². The van der Waals surface area contributed by atoms with Gasteiger partial charge >= 0.3 is 0 Å². The van der Waals surface area contributed by atoms with E-state index in [0.717, 1.165) is 27.5 Å². The van der Waals surface area contributed by atoms with Crippen molar-refractivity contribution in [3.05, 3.63) is 62.8 Å². The van der Waals surface area contributed by atoms with Gasteiger partial charge in [0.15, 0.2) is 0 Å². The number of aryl methyl sites for hydroxylation is 1. The third-order valence-electron chi connectivity index (χ3n) is 2.77. The predicted molar refractivity (Wildman–Crippen MR) is 81.3 cm³/mol. The third-order valence-corrected chi connectivity index (χ3v) is 3.84. The summed E-state index contributed by atoms with van der Waals surface area (Å²) in [6.07, 6.45) is 3.63. The van der Waals surface area contributed by atoms with Gasteiger partial charge in [0.2, 0.25) is 0 Å². The molecule has 0 spiro atoms. The Morgan fingerprint density at radius 2 is 1.89 bits per heavy atom. The Kier molecular flexibility index (Phi) is 4.92. The lowest BCUT2D eigenvalue weighted by Gasteiger charge is -2.13. The van der Waals surface area contributed by atoms with Crippen LogP contribution in [0, 0.1) is 0 Å². The van der Waals surface area contributed by atoms with E-state index < -0.39 is 0 Å². The maximum absolute atomic E-state index is 6.19. The highest BCUT2D eigenvalue weighted by Crippen LogP contribution is 2.25. The first-order valence-electron chi connectivity index (χ1n) is 5.77. The van der Waals surface area contributed by atoms with Gasteiger partial charge in [-0.05, 0) is 56.3 Å². The highest BCUT2D eigenvalue weighted by atomic mass is 79.9. The topological polar surface area (TPSA) is 38.9 Å². The van der Waals surface area contributed by atoms with Crippen molar-refractivity contribution in [1.29, 1.82) is 0 Å².